The van der Waals surface area contributed by atoms with Gasteiger partial charge in [-0.05, 0) is 31.4 Å². The third kappa shape index (κ3) is 2.49. The highest BCUT2D eigenvalue weighted by molar-refractivity contribution is 6.33. The van der Waals surface area contributed by atoms with E-state index in [0.717, 1.165) is 39.1 Å². The fourth-order valence-electron chi connectivity index (χ4n) is 3.16. The molecule has 0 unspecified atom stereocenters. The van der Waals surface area contributed by atoms with Crippen LogP contribution >= 0.6 is 11.6 Å². The molecule has 0 aliphatic carbocycles. The maximum absolute atomic E-state index is 12.6. The van der Waals surface area contributed by atoms with Crippen LogP contribution in [0.5, 0.6) is 0 Å². The number of nitrogens with zero attached hydrogens (tertiary/aromatic N) is 1. The predicted molar refractivity (Wildman–Crippen MR) is 74.5 cm³/mol. The van der Waals surface area contributed by atoms with Crippen LogP contribution in [0.4, 0.5) is 0 Å². The average molecular weight is 280 g/mol. The van der Waals surface area contributed by atoms with Crippen LogP contribution in [0.3, 0.4) is 0 Å². The van der Waals surface area contributed by atoms with Crippen LogP contribution in [0.15, 0.2) is 24.3 Å². The Morgan fingerprint density at radius 3 is 2.89 bits per heavy atom. The summed E-state index contributed by atoms with van der Waals surface area (Å²) in [5.41, 5.74) is 0.801. The second kappa shape index (κ2) is 5.14. The van der Waals surface area contributed by atoms with Crippen LogP contribution in [0.25, 0.3) is 0 Å². The first-order valence-corrected chi connectivity index (χ1v) is 7.20. The molecule has 1 aromatic carbocycles. The van der Waals surface area contributed by atoms with Crippen molar-refractivity contribution in [2.75, 3.05) is 26.3 Å². The highest BCUT2D eigenvalue weighted by Crippen LogP contribution is 2.38. The molecule has 0 radical (unpaired) electrons. The van der Waals surface area contributed by atoms with Crippen LogP contribution in [0.1, 0.15) is 29.6 Å². The molecule has 0 bridgehead atoms. The molecule has 2 aliphatic rings. The Kier molecular flexibility index (Phi) is 3.50. The van der Waals surface area contributed by atoms with Gasteiger partial charge < -0.3 is 9.64 Å². The number of benzene rings is 1. The lowest BCUT2D eigenvalue weighted by molar-refractivity contribution is 0.0463. The molecule has 0 N–H and O–H groups in total. The van der Waals surface area contributed by atoms with E-state index in [9.17, 15) is 4.79 Å². The van der Waals surface area contributed by atoms with Crippen LogP contribution in [-0.2, 0) is 4.74 Å². The Balaban J connectivity index is 1.78. The normalized spacial score (nSPS) is 26.9. The van der Waals surface area contributed by atoms with Crippen LogP contribution in [0, 0.1) is 5.41 Å². The van der Waals surface area contributed by atoms with Crippen molar-refractivity contribution in [3.05, 3.63) is 34.9 Å². The van der Waals surface area contributed by atoms with Gasteiger partial charge in [0.25, 0.3) is 5.91 Å². The molecule has 3 rings (SSSR count). The second-order valence-electron chi connectivity index (χ2n) is 5.61. The maximum atomic E-state index is 12.6. The van der Waals surface area contributed by atoms with Gasteiger partial charge in [-0.15, -0.1) is 0 Å². The van der Waals surface area contributed by atoms with E-state index < -0.39 is 0 Å². The molecule has 0 aromatic heterocycles. The topological polar surface area (TPSA) is 29.5 Å². The standard InChI is InChI=1S/C15H18ClNO2/c16-13-5-2-1-4-12(13)14(18)17-8-3-6-15(10-17)7-9-19-11-15/h1-2,4-5H,3,6-11H2/t15-/m0/s1. The van der Waals surface area contributed by atoms with Crippen molar-refractivity contribution in [1.82, 2.24) is 4.90 Å². The van der Waals surface area contributed by atoms with Crippen molar-refractivity contribution in [1.29, 1.82) is 0 Å². The largest absolute Gasteiger partial charge is 0.381 e. The van der Waals surface area contributed by atoms with Gasteiger partial charge in [-0.2, -0.15) is 0 Å². The molecule has 3 nitrogen and oxygen atoms in total. The molecule has 2 fully saturated rings. The first kappa shape index (κ1) is 12.9. The lowest BCUT2D eigenvalue weighted by Gasteiger charge is -2.39. The van der Waals surface area contributed by atoms with Gasteiger partial charge >= 0.3 is 0 Å². The van der Waals surface area contributed by atoms with E-state index >= 15 is 0 Å². The zero-order valence-corrected chi connectivity index (χ0v) is 11.7. The summed E-state index contributed by atoms with van der Waals surface area (Å²) >= 11 is 6.12. The highest BCUT2D eigenvalue weighted by atomic mass is 35.5. The number of ether oxygens (including phenoxy) is 1. The summed E-state index contributed by atoms with van der Waals surface area (Å²) in [5.74, 6) is 0.0524. The van der Waals surface area contributed by atoms with Crippen LogP contribution in [-0.4, -0.2) is 37.1 Å². The van der Waals surface area contributed by atoms with Crippen LogP contribution < -0.4 is 0 Å². The molecule has 4 heteroatoms. The molecule has 0 saturated carbocycles. The Bertz CT molecular complexity index is 483. The summed E-state index contributed by atoms with van der Waals surface area (Å²) in [6.45, 7) is 3.25. The van der Waals surface area contributed by atoms with Gasteiger partial charge in [0.1, 0.15) is 0 Å². The van der Waals surface area contributed by atoms with Gasteiger partial charge in [-0.3, -0.25) is 4.79 Å². The highest BCUT2D eigenvalue weighted by Gasteiger charge is 2.40. The maximum Gasteiger partial charge on any atom is 0.255 e. The van der Waals surface area contributed by atoms with E-state index in [-0.39, 0.29) is 11.3 Å². The van der Waals surface area contributed by atoms with E-state index in [1.165, 1.54) is 6.42 Å². The monoisotopic (exact) mass is 279 g/mol. The van der Waals surface area contributed by atoms with Gasteiger partial charge in [0.2, 0.25) is 0 Å². The van der Waals surface area contributed by atoms with E-state index in [4.69, 9.17) is 16.3 Å². The second-order valence-corrected chi connectivity index (χ2v) is 6.02. The number of halogens is 1. The first-order chi connectivity index (χ1) is 9.20. The van der Waals surface area contributed by atoms with E-state index in [0.29, 0.717) is 10.6 Å². The van der Waals surface area contributed by atoms with Gasteiger partial charge in [0.15, 0.2) is 0 Å². The third-order valence-corrected chi connectivity index (χ3v) is 4.57. The zero-order chi connectivity index (χ0) is 13.3. The van der Waals surface area contributed by atoms with E-state index in [1.807, 2.05) is 17.0 Å². The number of carbonyl (C=O) groups excluding carboxylic acids is 1. The molecule has 1 aromatic rings. The van der Waals surface area contributed by atoms with Crippen molar-refractivity contribution in [3.8, 4) is 0 Å². The fraction of sp³-hybridized carbons (Fsp3) is 0.533. The minimum Gasteiger partial charge on any atom is -0.381 e. The molecule has 102 valence electrons. The molecule has 1 amide bonds. The predicted octanol–water partition coefficient (Wildman–Crippen LogP) is 2.98. The minimum absolute atomic E-state index is 0.0524. The molecule has 2 heterocycles. The SMILES string of the molecule is O=C(c1ccccc1Cl)N1CCC[C@]2(CCOC2)C1. The Hall–Kier alpha value is -1.06. The summed E-state index contributed by atoms with van der Waals surface area (Å²) in [6, 6.07) is 7.28. The number of hydrogen-bond acceptors (Lipinski definition) is 2. The van der Waals surface area contributed by atoms with Gasteiger partial charge in [-0.25, -0.2) is 0 Å². The Morgan fingerprint density at radius 1 is 1.32 bits per heavy atom. The molecule has 1 atom stereocenters. The molecule has 19 heavy (non-hydrogen) atoms. The number of likely N-dealkylation sites (tertiary alicyclic amines) is 1. The van der Waals surface area contributed by atoms with Crippen molar-refractivity contribution in [2.45, 2.75) is 19.3 Å². The number of carbonyl (C=O) groups is 1. The lowest BCUT2D eigenvalue weighted by Crippen LogP contribution is -2.46. The molecular weight excluding hydrogens is 262 g/mol. The van der Waals surface area contributed by atoms with Crippen LogP contribution in [0.2, 0.25) is 5.02 Å². The van der Waals surface area contributed by atoms with Gasteiger partial charge in [0, 0.05) is 25.1 Å². The molecule has 1 spiro atoms. The summed E-state index contributed by atoms with van der Waals surface area (Å²) in [6.07, 6.45) is 3.29. The fourth-order valence-corrected chi connectivity index (χ4v) is 3.37. The number of amides is 1. The smallest absolute Gasteiger partial charge is 0.255 e. The summed E-state index contributed by atoms with van der Waals surface area (Å²) in [5, 5.41) is 0.537. The average Bonchev–Trinajstić information content (AvgIpc) is 2.86. The van der Waals surface area contributed by atoms with Crippen molar-refractivity contribution < 1.29 is 9.53 Å². The Labute approximate surface area is 118 Å². The van der Waals surface area contributed by atoms with Gasteiger partial charge in [0.05, 0.1) is 17.2 Å². The third-order valence-electron chi connectivity index (χ3n) is 4.24. The van der Waals surface area contributed by atoms with Crippen molar-refractivity contribution in [3.63, 3.8) is 0 Å². The Morgan fingerprint density at radius 2 is 2.16 bits per heavy atom. The quantitative estimate of drug-likeness (QED) is 0.791. The number of piperidine rings is 1. The number of rotatable bonds is 1. The minimum atomic E-state index is 0.0524. The summed E-state index contributed by atoms with van der Waals surface area (Å²) in [4.78, 5) is 14.5. The van der Waals surface area contributed by atoms with E-state index in [1.54, 1.807) is 12.1 Å². The van der Waals surface area contributed by atoms with Crippen molar-refractivity contribution in [2.24, 2.45) is 5.41 Å². The number of hydrogen-bond donors (Lipinski definition) is 0. The molecule has 2 saturated heterocycles. The van der Waals surface area contributed by atoms with Gasteiger partial charge in [-0.1, -0.05) is 23.7 Å². The summed E-state index contributed by atoms with van der Waals surface area (Å²) in [7, 11) is 0. The van der Waals surface area contributed by atoms with Crippen molar-refractivity contribution >= 4 is 17.5 Å². The molecule has 2 aliphatic heterocycles. The van der Waals surface area contributed by atoms with E-state index in [2.05, 4.69) is 0 Å². The zero-order valence-electron chi connectivity index (χ0n) is 10.9. The lowest BCUT2D eigenvalue weighted by atomic mass is 9.79. The molecular formula is C15H18ClNO2. The summed E-state index contributed by atoms with van der Waals surface area (Å²) < 4.78 is 5.53. The first-order valence-electron chi connectivity index (χ1n) is 6.82.